The van der Waals surface area contributed by atoms with E-state index in [1.54, 1.807) is 0 Å². The molecule has 1 aromatic rings. The number of halogens is 1. The van der Waals surface area contributed by atoms with Crippen LogP contribution in [0.1, 0.15) is 41.9 Å². The topological polar surface area (TPSA) is 52.6 Å². The summed E-state index contributed by atoms with van der Waals surface area (Å²) < 4.78 is 23.7. The molecule has 4 nitrogen and oxygen atoms in total. The van der Waals surface area contributed by atoms with Gasteiger partial charge in [-0.2, -0.15) is 0 Å². The molecule has 0 saturated carbocycles. The third-order valence-electron chi connectivity index (χ3n) is 2.92. The van der Waals surface area contributed by atoms with E-state index in [1.165, 1.54) is 31.4 Å². The van der Waals surface area contributed by atoms with E-state index in [-0.39, 0.29) is 17.7 Å². The van der Waals surface area contributed by atoms with Gasteiger partial charge in [-0.15, -0.1) is 0 Å². The van der Waals surface area contributed by atoms with Crippen molar-refractivity contribution in [1.82, 2.24) is 0 Å². The Bertz CT molecular complexity index is 508. The summed E-state index contributed by atoms with van der Waals surface area (Å²) in [5.74, 6) is -1.25. The standard InChI is InChI=1S/C16H19FO4/c1-4-5-10-21-15(18)11(2)14(17)12-6-8-13(9-7-12)16(19)20-3/h6-9,14H,2,4-5,10H2,1,3H3. The molecule has 1 aromatic carbocycles. The van der Waals surface area contributed by atoms with Crippen LogP contribution < -0.4 is 0 Å². The number of benzene rings is 1. The Kier molecular flexibility index (Phi) is 6.59. The minimum absolute atomic E-state index is 0.236. The van der Waals surface area contributed by atoms with Crippen LogP contribution in [0.5, 0.6) is 0 Å². The molecular formula is C16H19FO4. The normalized spacial score (nSPS) is 11.6. The second kappa shape index (κ2) is 8.19. The third kappa shape index (κ3) is 4.70. The number of carbonyl (C=O) groups excluding carboxylic acids is 2. The van der Waals surface area contributed by atoms with E-state index in [2.05, 4.69) is 11.3 Å². The van der Waals surface area contributed by atoms with Gasteiger partial charge in [0.15, 0.2) is 6.17 Å². The number of rotatable bonds is 7. The summed E-state index contributed by atoms with van der Waals surface area (Å²) in [4.78, 5) is 22.9. The summed E-state index contributed by atoms with van der Waals surface area (Å²) >= 11 is 0. The predicted octanol–water partition coefficient (Wildman–Crippen LogP) is 3.38. The number of unbranched alkanes of at least 4 members (excludes halogenated alkanes) is 1. The van der Waals surface area contributed by atoms with Crippen LogP contribution >= 0.6 is 0 Å². The van der Waals surface area contributed by atoms with Gasteiger partial charge in [0.05, 0.1) is 24.9 Å². The fraction of sp³-hybridized carbons (Fsp3) is 0.375. The number of carbonyl (C=O) groups is 2. The largest absolute Gasteiger partial charge is 0.465 e. The maximum absolute atomic E-state index is 14.2. The Morgan fingerprint density at radius 2 is 1.90 bits per heavy atom. The molecule has 1 rings (SSSR count). The Labute approximate surface area is 123 Å². The molecule has 0 saturated heterocycles. The number of hydrogen-bond acceptors (Lipinski definition) is 4. The molecule has 0 bridgehead atoms. The van der Waals surface area contributed by atoms with Gasteiger partial charge < -0.3 is 9.47 Å². The van der Waals surface area contributed by atoms with Gasteiger partial charge >= 0.3 is 11.9 Å². The first-order valence-electron chi connectivity index (χ1n) is 6.69. The summed E-state index contributed by atoms with van der Waals surface area (Å²) in [6, 6.07) is 5.70. The van der Waals surface area contributed by atoms with Gasteiger partial charge in [0.1, 0.15) is 0 Å². The summed E-state index contributed by atoms with van der Waals surface area (Å²) in [5.41, 5.74) is 0.293. The molecular weight excluding hydrogens is 275 g/mol. The number of esters is 2. The smallest absolute Gasteiger partial charge is 0.337 e. The SMILES string of the molecule is C=C(C(=O)OCCCC)C(F)c1ccc(C(=O)OC)cc1. The minimum Gasteiger partial charge on any atom is -0.465 e. The Morgan fingerprint density at radius 1 is 1.29 bits per heavy atom. The van der Waals surface area contributed by atoms with Crippen LogP contribution in [0.4, 0.5) is 4.39 Å². The van der Waals surface area contributed by atoms with Crippen molar-refractivity contribution in [2.45, 2.75) is 25.9 Å². The van der Waals surface area contributed by atoms with E-state index in [0.29, 0.717) is 5.56 Å². The van der Waals surface area contributed by atoms with Crippen LogP contribution in [0.2, 0.25) is 0 Å². The van der Waals surface area contributed by atoms with Gasteiger partial charge in [-0.1, -0.05) is 32.1 Å². The van der Waals surface area contributed by atoms with Crippen LogP contribution in [0.15, 0.2) is 36.4 Å². The van der Waals surface area contributed by atoms with Crippen LogP contribution in [0.3, 0.4) is 0 Å². The van der Waals surface area contributed by atoms with Crippen LogP contribution in [0, 0.1) is 0 Å². The fourth-order valence-electron chi connectivity index (χ4n) is 1.61. The molecule has 0 heterocycles. The zero-order valence-electron chi connectivity index (χ0n) is 12.2. The van der Waals surface area contributed by atoms with Crippen molar-refractivity contribution in [3.05, 3.63) is 47.5 Å². The zero-order valence-corrected chi connectivity index (χ0v) is 12.2. The first-order chi connectivity index (χ1) is 10.0. The molecule has 0 aliphatic rings. The highest BCUT2D eigenvalue weighted by Crippen LogP contribution is 2.26. The first-order valence-corrected chi connectivity index (χ1v) is 6.69. The van der Waals surface area contributed by atoms with Gasteiger partial charge in [-0.05, 0) is 24.1 Å². The summed E-state index contributed by atoms with van der Waals surface area (Å²) in [6.45, 7) is 5.66. The minimum atomic E-state index is -1.66. The van der Waals surface area contributed by atoms with E-state index in [4.69, 9.17) is 4.74 Å². The Balaban J connectivity index is 2.69. The van der Waals surface area contributed by atoms with Crippen LogP contribution in [-0.2, 0) is 14.3 Å². The molecule has 1 atom stereocenters. The molecule has 114 valence electrons. The highest BCUT2D eigenvalue weighted by molar-refractivity contribution is 5.90. The van der Waals surface area contributed by atoms with Gasteiger partial charge in [-0.25, -0.2) is 14.0 Å². The van der Waals surface area contributed by atoms with E-state index < -0.39 is 18.1 Å². The molecule has 0 spiro atoms. The van der Waals surface area contributed by atoms with Crippen LogP contribution in [-0.4, -0.2) is 25.7 Å². The van der Waals surface area contributed by atoms with E-state index in [9.17, 15) is 14.0 Å². The number of hydrogen-bond donors (Lipinski definition) is 0. The van der Waals surface area contributed by atoms with Gasteiger partial charge in [0.25, 0.3) is 0 Å². The molecule has 21 heavy (non-hydrogen) atoms. The molecule has 0 aliphatic carbocycles. The number of alkyl halides is 1. The lowest BCUT2D eigenvalue weighted by Gasteiger charge is -2.12. The van der Waals surface area contributed by atoms with Crippen molar-refractivity contribution in [2.24, 2.45) is 0 Å². The van der Waals surface area contributed by atoms with Gasteiger partial charge in [0, 0.05) is 0 Å². The van der Waals surface area contributed by atoms with Gasteiger partial charge in [-0.3, -0.25) is 0 Å². The van der Waals surface area contributed by atoms with Crippen LogP contribution in [0.25, 0.3) is 0 Å². The molecule has 0 amide bonds. The lowest BCUT2D eigenvalue weighted by atomic mass is 10.0. The highest BCUT2D eigenvalue weighted by Gasteiger charge is 2.21. The average molecular weight is 294 g/mol. The maximum atomic E-state index is 14.2. The van der Waals surface area contributed by atoms with Crippen molar-refractivity contribution in [1.29, 1.82) is 0 Å². The number of ether oxygens (including phenoxy) is 2. The monoisotopic (exact) mass is 294 g/mol. The molecule has 0 radical (unpaired) electrons. The third-order valence-corrected chi connectivity index (χ3v) is 2.92. The van der Waals surface area contributed by atoms with E-state index >= 15 is 0 Å². The van der Waals surface area contributed by atoms with Gasteiger partial charge in [0.2, 0.25) is 0 Å². The Morgan fingerprint density at radius 3 is 2.43 bits per heavy atom. The molecule has 0 N–H and O–H groups in total. The predicted molar refractivity (Wildman–Crippen MR) is 76.6 cm³/mol. The van der Waals surface area contributed by atoms with Crippen molar-refractivity contribution < 1.29 is 23.5 Å². The molecule has 0 fully saturated rings. The lowest BCUT2D eigenvalue weighted by molar-refractivity contribution is -0.139. The van der Waals surface area contributed by atoms with Crippen molar-refractivity contribution in [3.8, 4) is 0 Å². The van der Waals surface area contributed by atoms with Crippen molar-refractivity contribution in [2.75, 3.05) is 13.7 Å². The molecule has 0 aromatic heterocycles. The maximum Gasteiger partial charge on any atom is 0.337 e. The molecule has 1 unspecified atom stereocenters. The zero-order chi connectivity index (χ0) is 15.8. The van der Waals surface area contributed by atoms with E-state index in [0.717, 1.165) is 12.8 Å². The highest BCUT2D eigenvalue weighted by atomic mass is 19.1. The second-order valence-corrected chi connectivity index (χ2v) is 4.49. The summed E-state index contributed by atoms with van der Waals surface area (Å²) in [7, 11) is 1.27. The quantitative estimate of drug-likeness (QED) is 0.439. The molecule has 0 aliphatic heterocycles. The van der Waals surface area contributed by atoms with E-state index in [1.807, 2.05) is 6.92 Å². The molecule has 5 heteroatoms. The van der Waals surface area contributed by atoms with Crippen molar-refractivity contribution in [3.63, 3.8) is 0 Å². The fourth-order valence-corrected chi connectivity index (χ4v) is 1.61. The van der Waals surface area contributed by atoms with Crippen molar-refractivity contribution >= 4 is 11.9 Å². The number of methoxy groups -OCH3 is 1. The summed E-state index contributed by atoms with van der Waals surface area (Å²) in [5, 5.41) is 0. The lowest BCUT2D eigenvalue weighted by Crippen LogP contribution is -2.12. The Hall–Kier alpha value is -2.17. The average Bonchev–Trinajstić information content (AvgIpc) is 2.52. The first kappa shape index (κ1) is 16.9. The summed E-state index contributed by atoms with van der Waals surface area (Å²) in [6.07, 6.45) is -0.0525. The second-order valence-electron chi connectivity index (χ2n) is 4.49.